The van der Waals surface area contributed by atoms with Gasteiger partial charge < -0.3 is 10.1 Å². The molecule has 0 unspecified atom stereocenters. The molecule has 8 heteroatoms. The lowest BCUT2D eigenvalue weighted by atomic mass is 10.3. The van der Waals surface area contributed by atoms with Gasteiger partial charge >= 0.3 is 6.03 Å². The maximum Gasteiger partial charge on any atom is 0.323 e. The lowest BCUT2D eigenvalue weighted by Gasteiger charge is -2.09. The summed E-state index contributed by atoms with van der Waals surface area (Å²) in [7, 11) is 0. The van der Waals surface area contributed by atoms with Gasteiger partial charge in [0.25, 0.3) is 0 Å². The molecule has 1 aromatic carbocycles. The maximum absolute atomic E-state index is 11.5. The lowest BCUT2D eigenvalue weighted by molar-refractivity contribution is 0.234. The zero-order valence-electron chi connectivity index (χ0n) is 9.52. The molecule has 2 rings (SSSR count). The van der Waals surface area contributed by atoms with Crippen LogP contribution in [0.3, 0.4) is 0 Å². The van der Waals surface area contributed by atoms with E-state index >= 15 is 0 Å². The van der Waals surface area contributed by atoms with E-state index in [1.54, 1.807) is 29.8 Å². The van der Waals surface area contributed by atoms with Gasteiger partial charge in [-0.25, -0.2) is 9.78 Å². The zero-order chi connectivity index (χ0) is 13.7. The normalized spacial score (nSPS) is 10.0. The molecule has 2 N–H and O–H groups in total. The molecule has 0 saturated carbocycles. The number of carbonyl (C=O) groups is 1. The van der Waals surface area contributed by atoms with Crippen molar-refractivity contribution in [3.8, 4) is 5.75 Å². The summed E-state index contributed by atoms with van der Waals surface area (Å²) in [5, 5.41) is 8.25. The minimum atomic E-state index is -0.403. The van der Waals surface area contributed by atoms with Crippen molar-refractivity contribution < 1.29 is 9.53 Å². The fourth-order valence-corrected chi connectivity index (χ4v) is 2.19. The second-order valence-electron chi connectivity index (χ2n) is 3.33. The molecule has 0 saturated heterocycles. The van der Waals surface area contributed by atoms with Crippen LogP contribution in [0.1, 0.15) is 0 Å². The molecule has 1 heterocycles. The first-order chi connectivity index (χ1) is 9.15. The predicted octanol–water partition coefficient (Wildman–Crippen LogP) is 3.61. The van der Waals surface area contributed by atoms with Gasteiger partial charge in [-0.15, -0.1) is 11.3 Å². The van der Waals surface area contributed by atoms with Gasteiger partial charge in [0.1, 0.15) is 5.75 Å². The molecule has 2 aromatic rings. The topological polar surface area (TPSA) is 63.2 Å². The molecule has 0 aliphatic carbocycles. The van der Waals surface area contributed by atoms with Crippen molar-refractivity contribution in [2.24, 2.45) is 0 Å². The van der Waals surface area contributed by atoms with Crippen molar-refractivity contribution >= 4 is 45.7 Å². The van der Waals surface area contributed by atoms with E-state index in [0.29, 0.717) is 20.9 Å². The van der Waals surface area contributed by atoms with E-state index in [1.165, 1.54) is 11.3 Å². The number of aromatic nitrogens is 1. The smallest absolute Gasteiger partial charge is 0.323 e. The highest BCUT2D eigenvalue weighted by Crippen LogP contribution is 2.27. The number of rotatable bonds is 4. The summed E-state index contributed by atoms with van der Waals surface area (Å²) in [5.41, 5.74) is 0. The number of hydrogen-bond acceptors (Lipinski definition) is 4. The number of carbonyl (C=O) groups excluding carboxylic acids is 1. The number of urea groups is 1. The predicted molar refractivity (Wildman–Crippen MR) is 76.2 cm³/mol. The molecule has 100 valence electrons. The molecule has 2 amide bonds. The van der Waals surface area contributed by atoms with Crippen molar-refractivity contribution in [2.75, 3.05) is 12.0 Å². The summed E-state index contributed by atoms with van der Waals surface area (Å²) in [6, 6.07) is 4.44. The maximum atomic E-state index is 11.5. The Morgan fingerprint density at radius 1 is 1.42 bits per heavy atom. The van der Waals surface area contributed by atoms with Crippen molar-refractivity contribution in [3.05, 3.63) is 39.8 Å². The summed E-state index contributed by atoms with van der Waals surface area (Å²) in [6.07, 6.45) is 1.60. The van der Waals surface area contributed by atoms with Crippen LogP contribution < -0.4 is 15.4 Å². The van der Waals surface area contributed by atoms with Gasteiger partial charge in [0.2, 0.25) is 0 Å². The number of nitrogens with zero attached hydrogens (tertiary/aromatic N) is 1. The Balaban J connectivity index is 1.78. The van der Waals surface area contributed by atoms with Crippen LogP contribution in [0.4, 0.5) is 9.93 Å². The average molecular weight is 318 g/mol. The van der Waals surface area contributed by atoms with E-state index in [2.05, 4.69) is 15.6 Å². The first-order valence-corrected chi connectivity index (χ1v) is 6.81. The zero-order valence-corrected chi connectivity index (χ0v) is 11.9. The Labute approximate surface area is 123 Å². The number of ether oxygens (including phenoxy) is 1. The number of halogens is 2. The van der Waals surface area contributed by atoms with Gasteiger partial charge in [-0.1, -0.05) is 23.2 Å². The molecule has 0 bridgehead atoms. The number of benzene rings is 1. The molecule has 5 nitrogen and oxygen atoms in total. The minimum absolute atomic E-state index is 0.0153. The van der Waals surface area contributed by atoms with Crippen molar-refractivity contribution in [2.45, 2.75) is 0 Å². The van der Waals surface area contributed by atoms with E-state index in [1.807, 2.05) is 0 Å². The standard InChI is InChI=1S/C11H9Cl2N3O2S/c12-7-1-2-9(8(13)5-7)18-6-15-10(17)16-11-14-3-4-19-11/h1-5H,6H2,(H2,14,15,16,17). The van der Waals surface area contributed by atoms with E-state index < -0.39 is 6.03 Å². The highest BCUT2D eigenvalue weighted by Gasteiger charge is 2.05. The molecule has 0 aliphatic heterocycles. The highest BCUT2D eigenvalue weighted by molar-refractivity contribution is 7.13. The van der Waals surface area contributed by atoms with E-state index in [4.69, 9.17) is 27.9 Å². The van der Waals surface area contributed by atoms with Gasteiger partial charge in [0.05, 0.1) is 5.02 Å². The molecule has 0 aliphatic rings. The van der Waals surface area contributed by atoms with Crippen LogP contribution >= 0.6 is 34.5 Å². The number of anilines is 1. The molecule has 0 fully saturated rings. The van der Waals surface area contributed by atoms with Crippen LogP contribution in [0.25, 0.3) is 0 Å². The molecule has 0 spiro atoms. The van der Waals surface area contributed by atoms with Crippen molar-refractivity contribution in [1.29, 1.82) is 0 Å². The Hall–Kier alpha value is -1.50. The molecular weight excluding hydrogens is 309 g/mol. The molecule has 0 radical (unpaired) electrons. The Morgan fingerprint density at radius 2 is 2.26 bits per heavy atom. The Bertz CT molecular complexity index is 563. The van der Waals surface area contributed by atoms with Crippen LogP contribution in [-0.2, 0) is 0 Å². The quantitative estimate of drug-likeness (QED) is 0.847. The first kappa shape index (κ1) is 13.9. The van der Waals surface area contributed by atoms with Gasteiger partial charge in [-0.05, 0) is 18.2 Å². The summed E-state index contributed by atoms with van der Waals surface area (Å²) >= 11 is 13.0. The van der Waals surface area contributed by atoms with E-state index in [-0.39, 0.29) is 6.73 Å². The fourth-order valence-electron chi connectivity index (χ4n) is 1.20. The third kappa shape index (κ3) is 4.27. The number of thiazole rings is 1. The van der Waals surface area contributed by atoms with Crippen molar-refractivity contribution in [1.82, 2.24) is 10.3 Å². The summed E-state index contributed by atoms with van der Waals surface area (Å²) in [5.74, 6) is 0.445. The summed E-state index contributed by atoms with van der Waals surface area (Å²) in [6.45, 7) is -0.0153. The van der Waals surface area contributed by atoms with Crippen LogP contribution in [0, 0.1) is 0 Å². The highest BCUT2D eigenvalue weighted by atomic mass is 35.5. The van der Waals surface area contributed by atoms with Crippen LogP contribution in [-0.4, -0.2) is 17.7 Å². The summed E-state index contributed by atoms with van der Waals surface area (Å²) < 4.78 is 5.30. The number of nitrogens with one attached hydrogen (secondary N) is 2. The monoisotopic (exact) mass is 317 g/mol. The van der Waals surface area contributed by atoms with Gasteiger partial charge in [-0.2, -0.15) is 0 Å². The van der Waals surface area contributed by atoms with Gasteiger partial charge in [-0.3, -0.25) is 5.32 Å². The van der Waals surface area contributed by atoms with E-state index in [0.717, 1.165) is 0 Å². The molecule has 19 heavy (non-hydrogen) atoms. The third-order valence-electron chi connectivity index (χ3n) is 2.01. The minimum Gasteiger partial charge on any atom is -0.472 e. The molecule has 0 atom stereocenters. The largest absolute Gasteiger partial charge is 0.472 e. The van der Waals surface area contributed by atoms with Crippen LogP contribution in [0.5, 0.6) is 5.75 Å². The Morgan fingerprint density at radius 3 is 2.95 bits per heavy atom. The SMILES string of the molecule is O=C(NCOc1ccc(Cl)cc1Cl)Nc1nccs1. The summed E-state index contributed by atoms with van der Waals surface area (Å²) in [4.78, 5) is 15.4. The number of hydrogen-bond donors (Lipinski definition) is 2. The Kier molecular flexibility index (Phi) is 4.84. The van der Waals surface area contributed by atoms with E-state index in [9.17, 15) is 4.79 Å². The molecular formula is C11H9Cl2N3O2S. The van der Waals surface area contributed by atoms with Crippen LogP contribution in [0.2, 0.25) is 10.0 Å². The van der Waals surface area contributed by atoms with Crippen molar-refractivity contribution in [3.63, 3.8) is 0 Å². The second kappa shape index (κ2) is 6.60. The molecule has 1 aromatic heterocycles. The number of amides is 2. The second-order valence-corrected chi connectivity index (χ2v) is 5.07. The van der Waals surface area contributed by atoms with Gasteiger partial charge in [0.15, 0.2) is 11.9 Å². The third-order valence-corrected chi connectivity index (χ3v) is 3.23. The van der Waals surface area contributed by atoms with Crippen LogP contribution in [0.15, 0.2) is 29.8 Å². The first-order valence-electron chi connectivity index (χ1n) is 5.17. The van der Waals surface area contributed by atoms with Gasteiger partial charge in [0, 0.05) is 16.6 Å². The fraction of sp³-hybridized carbons (Fsp3) is 0.0909. The average Bonchev–Trinajstić information content (AvgIpc) is 2.84. The lowest BCUT2D eigenvalue weighted by Crippen LogP contribution is -2.31.